The molecule has 0 aliphatic rings. The molecule has 21 heavy (non-hydrogen) atoms. The van der Waals surface area contributed by atoms with E-state index in [2.05, 4.69) is 15.5 Å². The molecule has 0 radical (unpaired) electrons. The Hall–Kier alpha value is -2.02. The van der Waals surface area contributed by atoms with Crippen LogP contribution in [0.1, 0.15) is 19.8 Å². The van der Waals surface area contributed by atoms with Gasteiger partial charge in [0.25, 0.3) is 0 Å². The largest absolute Gasteiger partial charge is 0.481 e. The number of halogens is 2. The van der Waals surface area contributed by atoms with Crippen LogP contribution < -0.4 is 0 Å². The lowest BCUT2D eigenvalue weighted by molar-refractivity contribution is -0.138. The molecular weight excluding hydrogens is 299 g/mol. The quantitative estimate of drug-likeness (QED) is 0.886. The molecule has 0 aliphatic carbocycles. The third-order valence-corrected chi connectivity index (χ3v) is 3.51. The second-order valence-corrected chi connectivity index (χ2v) is 5.06. The predicted octanol–water partition coefficient (Wildman–Crippen LogP) is 2.63. The molecule has 0 aliphatic heterocycles. The molecule has 0 saturated heterocycles. The van der Waals surface area contributed by atoms with E-state index in [4.69, 9.17) is 16.7 Å². The summed E-state index contributed by atoms with van der Waals surface area (Å²) in [7, 11) is 0. The van der Waals surface area contributed by atoms with Crippen LogP contribution in [0.2, 0.25) is 5.02 Å². The van der Waals surface area contributed by atoms with E-state index in [-0.39, 0.29) is 35.3 Å². The van der Waals surface area contributed by atoms with Crippen molar-refractivity contribution in [3.8, 4) is 11.4 Å². The second-order valence-electron chi connectivity index (χ2n) is 4.65. The molecule has 0 saturated carbocycles. The zero-order valence-corrected chi connectivity index (χ0v) is 12.1. The molecule has 0 spiro atoms. The van der Waals surface area contributed by atoms with Gasteiger partial charge in [0, 0.05) is 13.0 Å². The van der Waals surface area contributed by atoms with Gasteiger partial charge in [-0.1, -0.05) is 31.0 Å². The summed E-state index contributed by atoms with van der Waals surface area (Å²) in [5.41, 5.74) is 0.120. The third kappa shape index (κ3) is 3.55. The third-order valence-electron chi connectivity index (χ3n) is 3.19. The topological polar surface area (TPSA) is 80.9 Å². The number of aliphatic carboxylic acids is 1. The van der Waals surface area contributed by atoms with Gasteiger partial charge in [-0.25, -0.2) is 9.07 Å². The summed E-state index contributed by atoms with van der Waals surface area (Å²) in [6.07, 6.45) is 0.650. The number of carboxylic acids is 1. The molecule has 1 aromatic heterocycles. The highest BCUT2D eigenvalue weighted by Crippen LogP contribution is 2.29. The molecule has 1 atom stereocenters. The van der Waals surface area contributed by atoms with Gasteiger partial charge in [0.1, 0.15) is 5.82 Å². The molecule has 1 N–H and O–H groups in total. The summed E-state index contributed by atoms with van der Waals surface area (Å²) in [6.45, 7) is 2.17. The first kappa shape index (κ1) is 15.4. The highest BCUT2D eigenvalue weighted by molar-refractivity contribution is 6.33. The van der Waals surface area contributed by atoms with Crippen LogP contribution in [-0.4, -0.2) is 31.3 Å². The first-order valence-electron chi connectivity index (χ1n) is 6.45. The van der Waals surface area contributed by atoms with Gasteiger partial charge in [-0.05, 0) is 28.5 Å². The van der Waals surface area contributed by atoms with E-state index in [1.807, 2.05) is 6.92 Å². The Morgan fingerprint density at radius 3 is 2.90 bits per heavy atom. The minimum Gasteiger partial charge on any atom is -0.481 e. The molecule has 8 heteroatoms. The first-order valence-corrected chi connectivity index (χ1v) is 6.83. The van der Waals surface area contributed by atoms with Crippen LogP contribution in [0.3, 0.4) is 0 Å². The van der Waals surface area contributed by atoms with Crippen molar-refractivity contribution in [2.24, 2.45) is 5.92 Å². The van der Waals surface area contributed by atoms with Crippen LogP contribution in [0.5, 0.6) is 0 Å². The lowest BCUT2D eigenvalue weighted by atomic mass is 10.0. The maximum atomic E-state index is 13.9. The fraction of sp³-hybridized carbons (Fsp3) is 0.385. The fourth-order valence-electron chi connectivity index (χ4n) is 2.05. The van der Waals surface area contributed by atoms with Crippen molar-refractivity contribution in [3.05, 3.63) is 29.0 Å². The highest BCUT2D eigenvalue weighted by Gasteiger charge is 2.20. The summed E-state index contributed by atoms with van der Waals surface area (Å²) >= 11 is 6.00. The van der Waals surface area contributed by atoms with Gasteiger partial charge in [0.15, 0.2) is 5.82 Å². The van der Waals surface area contributed by atoms with E-state index < -0.39 is 11.8 Å². The number of benzene rings is 1. The number of aromatic nitrogens is 4. The Kier molecular flexibility index (Phi) is 4.85. The van der Waals surface area contributed by atoms with Crippen molar-refractivity contribution in [1.82, 2.24) is 20.2 Å². The highest BCUT2D eigenvalue weighted by atomic mass is 35.5. The average Bonchev–Trinajstić information content (AvgIpc) is 2.85. The molecule has 112 valence electrons. The minimum absolute atomic E-state index is 0.000798. The SMILES string of the molecule is CCC(CC(=O)O)Cn1nnnc1-c1c(F)cccc1Cl. The monoisotopic (exact) mass is 312 g/mol. The van der Waals surface area contributed by atoms with Crippen LogP contribution in [-0.2, 0) is 11.3 Å². The lowest BCUT2D eigenvalue weighted by Crippen LogP contribution is -2.16. The van der Waals surface area contributed by atoms with E-state index >= 15 is 0 Å². The smallest absolute Gasteiger partial charge is 0.303 e. The number of carbonyl (C=O) groups is 1. The van der Waals surface area contributed by atoms with Crippen LogP contribution in [0.15, 0.2) is 18.2 Å². The summed E-state index contributed by atoms with van der Waals surface area (Å²) in [5.74, 6) is -1.36. The van der Waals surface area contributed by atoms with Crippen LogP contribution in [0.25, 0.3) is 11.4 Å². The molecule has 0 amide bonds. The number of rotatable bonds is 6. The van der Waals surface area contributed by atoms with E-state index in [0.29, 0.717) is 6.42 Å². The molecule has 0 fully saturated rings. The van der Waals surface area contributed by atoms with Gasteiger partial charge >= 0.3 is 5.97 Å². The summed E-state index contributed by atoms with van der Waals surface area (Å²) in [4.78, 5) is 10.8. The zero-order chi connectivity index (χ0) is 15.4. The van der Waals surface area contributed by atoms with Gasteiger partial charge in [-0.15, -0.1) is 5.10 Å². The Balaban J connectivity index is 2.32. The van der Waals surface area contributed by atoms with Crippen LogP contribution in [0, 0.1) is 11.7 Å². The van der Waals surface area contributed by atoms with E-state index in [0.717, 1.165) is 0 Å². The zero-order valence-electron chi connectivity index (χ0n) is 11.3. The standard InChI is InChI=1S/C13H14ClFN4O2/c1-2-8(6-11(20)21)7-19-13(16-17-18-19)12-9(14)4-3-5-10(12)15/h3-5,8H,2,6-7H2,1H3,(H,20,21). The summed E-state index contributed by atoms with van der Waals surface area (Å²) < 4.78 is 15.3. The Labute approximate surface area is 125 Å². The predicted molar refractivity (Wildman–Crippen MR) is 74.3 cm³/mol. The van der Waals surface area contributed by atoms with Gasteiger partial charge in [-0.3, -0.25) is 4.79 Å². The molecule has 6 nitrogen and oxygen atoms in total. The van der Waals surface area contributed by atoms with Crippen molar-refractivity contribution in [1.29, 1.82) is 0 Å². The van der Waals surface area contributed by atoms with E-state index in [9.17, 15) is 9.18 Å². The number of carboxylic acid groups (broad SMARTS) is 1. The maximum absolute atomic E-state index is 13.9. The second kappa shape index (κ2) is 6.62. The van der Waals surface area contributed by atoms with Crippen LogP contribution in [0.4, 0.5) is 4.39 Å². The minimum atomic E-state index is -0.889. The summed E-state index contributed by atoms with van der Waals surface area (Å²) in [5, 5.41) is 20.2. The lowest BCUT2D eigenvalue weighted by Gasteiger charge is -2.13. The van der Waals surface area contributed by atoms with Crippen molar-refractivity contribution < 1.29 is 14.3 Å². The van der Waals surface area contributed by atoms with E-state index in [1.165, 1.54) is 16.8 Å². The molecule has 1 aromatic carbocycles. The van der Waals surface area contributed by atoms with Crippen LogP contribution >= 0.6 is 11.6 Å². The Bertz CT molecular complexity index is 627. The van der Waals surface area contributed by atoms with Crippen molar-refractivity contribution in [3.63, 3.8) is 0 Å². The number of nitrogens with zero attached hydrogens (tertiary/aromatic N) is 4. The average molecular weight is 313 g/mol. The van der Waals surface area contributed by atoms with Gasteiger partial charge < -0.3 is 5.11 Å². The fourth-order valence-corrected chi connectivity index (χ4v) is 2.30. The molecule has 2 aromatic rings. The van der Waals surface area contributed by atoms with Crippen molar-refractivity contribution in [2.75, 3.05) is 0 Å². The number of hydrogen-bond donors (Lipinski definition) is 1. The van der Waals surface area contributed by atoms with E-state index in [1.54, 1.807) is 6.07 Å². The normalized spacial score (nSPS) is 12.3. The van der Waals surface area contributed by atoms with Crippen molar-refractivity contribution in [2.45, 2.75) is 26.3 Å². The van der Waals surface area contributed by atoms with Gasteiger partial charge in [0.2, 0.25) is 0 Å². The molecular formula is C13H14ClFN4O2. The molecule has 1 unspecified atom stereocenters. The first-order chi connectivity index (χ1) is 10.0. The molecule has 0 bridgehead atoms. The maximum Gasteiger partial charge on any atom is 0.303 e. The Morgan fingerprint density at radius 1 is 1.52 bits per heavy atom. The number of hydrogen-bond acceptors (Lipinski definition) is 4. The van der Waals surface area contributed by atoms with Crippen molar-refractivity contribution >= 4 is 17.6 Å². The molecule has 1 heterocycles. The van der Waals surface area contributed by atoms with Gasteiger partial charge in [-0.2, -0.15) is 0 Å². The molecule has 2 rings (SSSR count). The Morgan fingerprint density at radius 2 is 2.29 bits per heavy atom. The number of tetrazole rings is 1. The summed E-state index contributed by atoms with van der Waals surface area (Å²) in [6, 6.07) is 4.32. The van der Waals surface area contributed by atoms with Gasteiger partial charge in [0.05, 0.1) is 10.6 Å².